The molecule has 0 saturated heterocycles. The molecule has 17 heavy (non-hydrogen) atoms. The average molecular weight is 241 g/mol. The second kappa shape index (κ2) is 6.20. The Balaban J connectivity index is 2.54. The summed E-state index contributed by atoms with van der Waals surface area (Å²) in [5, 5.41) is 12.6. The first-order valence-electron chi connectivity index (χ1n) is 5.33. The van der Waals surface area contributed by atoms with E-state index in [1.807, 2.05) is 0 Å². The van der Waals surface area contributed by atoms with Gasteiger partial charge in [0.15, 0.2) is 0 Å². The Hall–Kier alpha value is -1.62. The van der Waals surface area contributed by atoms with Gasteiger partial charge in [0.05, 0.1) is 13.5 Å². The number of hydrogen-bond donors (Lipinski definition) is 2. The van der Waals surface area contributed by atoms with Gasteiger partial charge >= 0.3 is 5.97 Å². The molecule has 1 unspecified atom stereocenters. The van der Waals surface area contributed by atoms with Crippen molar-refractivity contribution in [1.29, 1.82) is 0 Å². The lowest BCUT2D eigenvalue weighted by Gasteiger charge is -2.15. The molecule has 4 nitrogen and oxygen atoms in total. The molecule has 0 amide bonds. The van der Waals surface area contributed by atoms with Gasteiger partial charge in [0.1, 0.15) is 11.6 Å². The molecule has 1 atom stereocenters. The van der Waals surface area contributed by atoms with E-state index < -0.39 is 5.82 Å². The summed E-state index contributed by atoms with van der Waals surface area (Å²) in [6.45, 7) is 2.19. The van der Waals surface area contributed by atoms with Crippen molar-refractivity contribution in [3.8, 4) is 5.75 Å². The highest BCUT2D eigenvalue weighted by atomic mass is 19.1. The van der Waals surface area contributed by atoms with Crippen LogP contribution in [0.15, 0.2) is 18.2 Å². The van der Waals surface area contributed by atoms with Crippen molar-refractivity contribution < 1.29 is 19.0 Å². The Morgan fingerprint density at radius 3 is 2.94 bits per heavy atom. The molecule has 5 heteroatoms. The molecule has 0 radical (unpaired) electrons. The van der Waals surface area contributed by atoms with Gasteiger partial charge in [0.25, 0.3) is 0 Å². The predicted molar refractivity (Wildman–Crippen MR) is 61.1 cm³/mol. The van der Waals surface area contributed by atoms with E-state index in [0.717, 1.165) is 0 Å². The number of phenolic OH excluding ortho intramolecular Hbond substituents is 1. The molecule has 94 valence electrons. The molecule has 1 aromatic rings. The Morgan fingerprint density at radius 1 is 1.59 bits per heavy atom. The lowest BCUT2D eigenvalue weighted by Crippen LogP contribution is -2.22. The first-order chi connectivity index (χ1) is 8.04. The second-order valence-corrected chi connectivity index (χ2v) is 3.71. The van der Waals surface area contributed by atoms with Gasteiger partial charge in [0, 0.05) is 18.2 Å². The number of hydrogen-bond acceptors (Lipinski definition) is 4. The van der Waals surface area contributed by atoms with E-state index in [9.17, 15) is 14.3 Å². The smallest absolute Gasteiger partial charge is 0.306 e. The summed E-state index contributed by atoms with van der Waals surface area (Å²) in [7, 11) is 1.32. The molecule has 0 aliphatic carbocycles. The van der Waals surface area contributed by atoms with E-state index in [1.165, 1.54) is 25.3 Å². The minimum absolute atomic E-state index is 0.0319. The molecule has 0 aliphatic rings. The number of rotatable bonds is 5. The van der Waals surface area contributed by atoms with Gasteiger partial charge in [-0.25, -0.2) is 4.39 Å². The van der Waals surface area contributed by atoms with Crippen molar-refractivity contribution >= 4 is 5.97 Å². The molecule has 0 heterocycles. The summed E-state index contributed by atoms with van der Waals surface area (Å²) in [6, 6.07) is 3.53. The second-order valence-electron chi connectivity index (χ2n) is 3.71. The number of aromatic hydroxyl groups is 1. The summed E-state index contributed by atoms with van der Waals surface area (Å²) in [6.07, 6.45) is 0.233. The largest absolute Gasteiger partial charge is 0.508 e. The Bertz CT molecular complexity index is 395. The summed E-state index contributed by atoms with van der Waals surface area (Å²) in [4.78, 5) is 10.9. The van der Waals surface area contributed by atoms with Gasteiger partial charge in [-0.1, -0.05) is 0 Å². The topological polar surface area (TPSA) is 58.6 Å². The van der Waals surface area contributed by atoms with Crippen LogP contribution in [0.4, 0.5) is 4.39 Å². The molecule has 2 N–H and O–H groups in total. The fourth-order valence-corrected chi connectivity index (χ4v) is 1.47. The molecule has 0 aliphatic heterocycles. The van der Waals surface area contributed by atoms with Gasteiger partial charge in [-0.15, -0.1) is 0 Å². The Kier molecular flexibility index (Phi) is 4.90. The van der Waals surface area contributed by atoms with Crippen molar-refractivity contribution in [2.45, 2.75) is 19.4 Å². The highest BCUT2D eigenvalue weighted by Gasteiger charge is 2.11. The van der Waals surface area contributed by atoms with Crippen LogP contribution in [0, 0.1) is 5.82 Å². The normalized spacial score (nSPS) is 12.2. The standard InChI is InChI=1S/C12H16FNO3/c1-8(14-6-5-12(16)17-2)10-7-9(13)3-4-11(10)15/h3-4,7-8,14-15H,5-6H2,1-2H3. The molecule has 0 aromatic heterocycles. The number of methoxy groups -OCH3 is 1. The van der Waals surface area contributed by atoms with Gasteiger partial charge in [-0.3, -0.25) is 4.79 Å². The van der Waals surface area contributed by atoms with Gasteiger partial charge in [0.2, 0.25) is 0 Å². The van der Waals surface area contributed by atoms with Crippen LogP contribution in [0.5, 0.6) is 5.75 Å². The van der Waals surface area contributed by atoms with E-state index in [4.69, 9.17) is 0 Å². The third kappa shape index (κ3) is 4.03. The molecule has 0 fully saturated rings. The molecule has 0 bridgehead atoms. The maximum atomic E-state index is 13.0. The highest BCUT2D eigenvalue weighted by molar-refractivity contribution is 5.69. The van der Waals surface area contributed by atoms with E-state index in [2.05, 4.69) is 10.1 Å². The number of phenols is 1. The third-order valence-electron chi connectivity index (χ3n) is 2.46. The van der Waals surface area contributed by atoms with Crippen molar-refractivity contribution in [2.75, 3.05) is 13.7 Å². The van der Waals surface area contributed by atoms with Gasteiger partial charge in [-0.2, -0.15) is 0 Å². The third-order valence-corrected chi connectivity index (χ3v) is 2.46. The fourth-order valence-electron chi connectivity index (χ4n) is 1.47. The number of esters is 1. The van der Waals surface area contributed by atoms with E-state index in [1.54, 1.807) is 6.92 Å². The average Bonchev–Trinajstić information content (AvgIpc) is 2.31. The van der Waals surface area contributed by atoms with Crippen molar-refractivity contribution in [1.82, 2.24) is 5.32 Å². The molecule has 0 spiro atoms. The number of carbonyl (C=O) groups excluding carboxylic acids is 1. The predicted octanol–water partition coefficient (Wildman–Crippen LogP) is 1.74. The molecular formula is C12H16FNO3. The SMILES string of the molecule is COC(=O)CCNC(C)c1cc(F)ccc1O. The van der Waals surface area contributed by atoms with Crippen LogP contribution in [-0.2, 0) is 9.53 Å². The van der Waals surface area contributed by atoms with Crippen LogP contribution in [0.3, 0.4) is 0 Å². The first-order valence-corrected chi connectivity index (χ1v) is 5.33. The molecule has 1 aromatic carbocycles. The number of ether oxygens (including phenoxy) is 1. The van der Waals surface area contributed by atoms with Crippen LogP contribution in [0.1, 0.15) is 24.9 Å². The molecule has 0 saturated carbocycles. The zero-order valence-electron chi connectivity index (χ0n) is 9.87. The van der Waals surface area contributed by atoms with Crippen LogP contribution >= 0.6 is 0 Å². The van der Waals surface area contributed by atoms with Crippen LogP contribution in [-0.4, -0.2) is 24.7 Å². The molecular weight excluding hydrogens is 225 g/mol. The van der Waals surface area contributed by atoms with Crippen LogP contribution < -0.4 is 5.32 Å². The number of benzene rings is 1. The van der Waals surface area contributed by atoms with Gasteiger partial charge in [-0.05, 0) is 25.1 Å². The summed E-state index contributed by atoms with van der Waals surface area (Å²) in [5.41, 5.74) is 0.467. The number of nitrogens with one attached hydrogen (secondary N) is 1. The highest BCUT2D eigenvalue weighted by Crippen LogP contribution is 2.24. The maximum absolute atomic E-state index is 13.0. The fraction of sp³-hybridized carbons (Fsp3) is 0.417. The van der Waals surface area contributed by atoms with Gasteiger partial charge < -0.3 is 15.2 Å². The van der Waals surface area contributed by atoms with E-state index in [0.29, 0.717) is 12.1 Å². The quantitative estimate of drug-likeness (QED) is 0.771. The minimum Gasteiger partial charge on any atom is -0.508 e. The lowest BCUT2D eigenvalue weighted by molar-refractivity contribution is -0.140. The van der Waals surface area contributed by atoms with Crippen molar-refractivity contribution in [2.24, 2.45) is 0 Å². The summed E-state index contributed by atoms with van der Waals surface area (Å²) < 4.78 is 17.5. The monoisotopic (exact) mass is 241 g/mol. The zero-order valence-corrected chi connectivity index (χ0v) is 9.87. The number of halogens is 1. The van der Waals surface area contributed by atoms with Crippen LogP contribution in [0.2, 0.25) is 0 Å². The lowest BCUT2D eigenvalue weighted by atomic mass is 10.1. The molecule has 1 rings (SSSR count). The van der Waals surface area contributed by atoms with Crippen molar-refractivity contribution in [3.63, 3.8) is 0 Å². The number of carbonyl (C=O) groups is 1. The first kappa shape index (κ1) is 13.4. The zero-order chi connectivity index (χ0) is 12.8. The Labute approximate surface area is 99.4 Å². The maximum Gasteiger partial charge on any atom is 0.306 e. The summed E-state index contributed by atoms with van der Waals surface area (Å²) >= 11 is 0. The van der Waals surface area contributed by atoms with Crippen molar-refractivity contribution in [3.05, 3.63) is 29.6 Å². The minimum atomic E-state index is -0.403. The van der Waals surface area contributed by atoms with E-state index >= 15 is 0 Å². The summed E-state index contributed by atoms with van der Waals surface area (Å²) in [5.74, 6) is -0.683. The Morgan fingerprint density at radius 2 is 2.29 bits per heavy atom. The van der Waals surface area contributed by atoms with Crippen LogP contribution in [0.25, 0.3) is 0 Å². The van der Waals surface area contributed by atoms with E-state index in [-0.39, 0.29) is 24.2 Å².